The molecule has 10 nitrogen and oxygen atoms in total. The number of aromatic nitrogens is 4. The van der Waals surface area contributed by atoms with Gasteiger partial charge in [0, 0.05) is 32.3 Å². The quantitative estimate of drug-likeness (QED) is 0.538. The van der Waals surface area contributed by atoms with Crippen LogP contribution < -0.4 is 20.9 Å². The van der Waals surface area contributed by atoms with E-state index in [0.29, 0.717) is 17.1 Å². The summed E-state index contributed by atoms with van der Waals surface area (Å²) in [4.78, 5) is 36.2. The first-order valence-corrected chi connectivity index (χ1v) is 11.5. The summed E-state index contributed by atoms with van der Waals surface area (Å²) in [6, 6.07) is 7.68. The lowest BCUT2D eigenvalue weighted by Crippen LogP contribution is -2.39. The number of aryl methyl sites for hydroxylation is 1. The summed E-state index contributed by atoms with van der Waals surface area (Å²) in [6.07, 6.45) is 5.31. The lowest BCUT2D eigenvalue weighted by atomic mass is 10.1. The Kier molecular flexibility index (Phi) is 4.42. The van der Waals surface area contributed by atoms with Crippen LogP contribution in [0.2, 0.25) is 0 Å². The molecule has 0 atom stereocenters. The van der Waals surface area contributed by atoms with Crippen LogP contribution in [0.5, 0.6) is 0 Å². The maximum absolute atomic E-state index is 12.6. The van der Waals surface area contributed by atoms with Crippen LogP contribution in [0.3, 0.4) is 0 Å². The van der Waals surface area contributed by atoms with Gasteiger partial charge in [-0.1, -0.05) is 6.07 Å². The molecule has 34 heavy (non-hydrogen) atoms. The Morgan fingerprint density at radius 1 is 1.18 bits per heavy atom. The molecule has 2 amide bonds. The third kappa shape index (κ3) is 3.12. The van der Waals surface area contributed by atoms with Crippen molar-refractivity contribution in [1.29, 1.82) is 0 Å². The van der Waals surface area contributed by atoms with Gasteiger partial charge in [-0.2, -0.15) is 5.10 Å². The van der Waals surface area contributed by atoms with E-state index in [2.05, 4.69) is 38.0 Å². The highest BCUT2D eigenvalue weighted by Gasteiger charge is 2.55. The van der Waals surface area contributed by atoms with E-state index in [1.165, 1.54) is 6.20 Å². The average Bonchev–Trinajstić information content (AvgIpc) is 3.75. The van der Waals surface area contributed by atoms with Crippen LogP contribution in [0.25, 0.3) is 5.69 Å². The van der Waals surface area contributed by atoms with Crippen molar-refractivity contribution < 1.29 is 9.59 Å². The first-order valence-electron chi connectivity index (χ1n) is 11.5. The Morgan fingerprint density at radius 2 is 1.97 bits per heavy atom. The maximum Gasteiger partial charge on any atom is 0.254 e. The van der Waals surface area contributed by atoms with Gasteiger partial charge >= 0.3 is 0 Å². The standard InChI is InChI=1S/C24H26N8O2/c1-13-27-23-24(9-10-24)31(3)20-16(5-4-6-18(20)32(23)30-13)28-17-11-19(29-21(33)14-7-8-14)26-12-15(17)22(34)25-2/h4-6,11-12,14H,7-10H2,1-3H3,(H,25,34)(H2,26,28,29,33). The van der Waals surface area contributed by atoms with Gasteiger partial charge in [0.1, 0.15) is 17.2 Å². The van der Waals surface area contributed by atoms with Gasteiger partial charge in [-0.25, -0.2) is 14.6 Å². The smallest absolute Gasteiger partial charge is 0.254 e. The van der Waals surface area contributed by atoms with E-state index in [1.807, 2.05) is 29.8 Å². The van der Waals surface area contributed by atoms with Gasteiger partial charge in [-0.3, -0.25) is 9.59 Å². The maximum atomic E-state index is 12.6. The summed E-state index contributed by atoms with van der Waals surface area (Å²) in [7, 11) is 3.66. The molecule has 0 bridgehead atoms. The molecule has 3 aliphatic rings. The number of hydrogen-bond acceptors (Lipinski definition) is 7. The fraction of sp³-hybridized carbons (Fsp3) is 0.375. The van der Waals surface area contributed by atoms with Gasteiger partial charge in [0.25, 0.3) is 5.91 Å². The number of rotatable bonds is 5. The van der Waals surface area contributed by atoms with E-state index in [-0.39, 0.29) is 23.3 Å². The topological polar surface area (TPSA) is 117 Å². The first-order chi connectivity index (χ1) is 16.4. The third-order valence-electron chi connectivity index (χ3n) is 6.92. The summed E-state index contributed by atoms with van der Waals surface area (Å²) in [5.41, 5.74) is 3.53. The summed E-state index contributed by atoms with van der Waals surface area (Å²) in [5, 5.41) is 13.7. The second kappa shape index (κ2) is 7.28. The van der Waals surface area contributed by atoms with Crippen molar-refractivity contribution in [2.75, 3.05) is 29.6 Å². The van der Waals surface area contributed by atoms with Crippen molar-refractivity contribution in [2.45, 2.75) is 38.1 Å². The lowest BCUT2D eigenvalue weighted by molar-refractivity contribution is -0.117. The van der Waals surface area contributed by atoms with Gasteiger partial charge in [-0.05, 0) is 44.7 Å². The Hall–Kier alpha value is -3.95. The second-order valence-electron chi connectivity index (χ2n) is 9.24. The molecular weight excluding hydrogens is 432 g/mol. The number of nitrogens with one attached hydrogen (secondary N) is 3. The molecule has 10 heteroatoms. The van der Waals surface area contributed by atoms with Crippen LogP contribution >= 0.6 is 0 Å². The number of pyridine rings is 1. The fourth-order valence-corrected chi connectivity index (χ4v) is 4.74. The van der Waals surface area contributed by atoms with E-state index in [9.17, 15) is 9.59 Å². The highest BCUT2D eigenvalue weighted by Crippen LogP contribution is 2.57. The van der Waals surface area contributed by atoms with Crippen molar-refractivity contribution >= 4 is 34.7 Å². The molecule has 1 spiro atoms. The van der Waals surface area contributed by atoms with Crippen molar-refractivity contribution in [1.82, 2.24) is 25.1 Å². The van der Waals surface area contributed by atoms with Crippen LogP contribution in [-0.2, 0) is 10.3 Å². The predicted molar refractivity (Wildman–Crippen MR) is 128 cm³/mol. The number of benzene rings is 1. The predicted octanol–water partition coefficient (Wildman–Crippen LogP) is 2.86. The summed E-state index contributed by atoms with van der Waals surface area (Å²) >= 11 is 0. The van der Waals surface area contributed by atoms with Crippen molar-refractivity contribution in [3.05, 3.63) is 47.7 Å². The lowest BCUT2D eigenvalue weighted by Gasteiger charge is -2.37. The van der Waals surface area contributed by atoms with E-state index in [1.54, 1.807) is 13.1 Å². The Bertz CT molecular complexity index is 1340. The van der Waals surface area contributed by atoms with Crippen molar-refractivity contribution in [3.8, 4) is 5.69 Å². The monoisotopic (exact) mass is 458 g/mol. The van der Waals surface area contributed by atoms with Gasteiger partial charge in [-0.15, -0.1) is 0 Å². The molecule has 3 N–H and O–H groups in total. The minimum atomic E-state index is -0.263. The number of carbonyl (C=O) groups is 2. The zero-order valence-corrected chi connectivity index (χ0v) is 19.3. The largest absolute Gasteiger partial charge is 0.358 e. The molecular formula is C24H26N8O2. The molecule has 0 radical (unpaired) electrons. The molecule has 3 aromatic rings. The number of amides is 2. The zero-order chi connectivity index (χ0) is 23.6. The molecule has 6 rings (SSSR count). The first kappa shape index (κ1) is 20.6. The third-order valence-corrected chi connectivity index (χ3v) is 6.92. The zero-order valence-electron chi connectivity index (χ0n) is 19.3. The fourth-order valence-electron chi connectivity index (χ4n) is 4.74. The van der Waals surface area contributed by atoms with Crippen LogP contribution in [0, 0.1) is 12.8 Å². The number of anilines is 4. The van der Waals surface area contributed by atoms with Crippen LogP contribution in [0.15, 0.2) is 30.5 Å². The molecule has 174 valence electrons. The van der Waals surface area contributed by atoms with Crippen molar-refractivity contribution in [2.24, 2.45) is 5.92 Å². The minimum Gasteiger partial charge on any atom is -0.358 e. The number of nitrogens with zero attached hydrogens (tertiary/aromatic N) is 5. The number of carbonyl (C=O) groups excluding carboxylic acids is 2. The molecule has 2 fully saturated rings. The Morgan fingerprint density at radius 3 is 2.68 bits per heavy atom. The summed E-state index contributed by atoms with van der Waals surface area (Å²) in [6.45, 7) is 1.91. The Balaban J connectivity index is 1.43. The number of para-hydroxylation sites is 1. The SMILES string of the molecule is CNC(=O)c1cnc(NC(=O)C2CC2)cc1Nc1cccc2c1N(C)C1(CC1)c1nc(C)nn1-2. The van der Waals surface area contributed by atoms with Crippen molar-refractivity contribution in [3.63, 3.8) is 0 Å². The summed E-state index contributed by atoms with van der Waals surface area (Å²) < 4.78 is 1.94. The van der Waals surface area contributed by atoms with Gasteiger partial charge in [0.05, 0.1) is 28.3 Å². The van der Waals surface area contributed by atoms with E-state index >= 15 is 0 Å². The molecule has 1 aliphatic heterocycles. The van der Waals surface area contributed by atoms with Crippen LogP contribution in [0.4, 0.5) is 22.9 Å². The molecule has 0 unspecified atom stereocenters. The number of fused-ring (bicyclic) bond motifs is 4. The summed E-state index contributed by atoms with van der Waals surface area (Å²) in [5.74, 6) is 1.89. The van der Waals surface area contributed by atoms with Crippen LogP contribution in [0.1, 0.15) is 47.7 Å². The van der Waals surface area contributed by atoms with Gasteiger partial charge in [0.15, 0.2) is 5.82 Å². The van der Waals surface area contributed by atoms with E-state index in [0.717, 1.165) is 54.4 Å². The Labute approximate surface area is 196 Å². The van der Waals surface area contributed by atoms with E-state index < -0.39 is 0 Å². The van der Waals surface area contributed by atoms with Gasteiger partial charge < -0.3 is 20.9 Å². The number of hydrogen-bond donors (Lipinski definition) is 3. The highest BCUT2D eigenvalue weighted by atomic mass is 16.2. The molecule has 2 saturated carbocycles. The normalized spacial score (nSPS) is 17.1. The molecule has 3 heterocycles. The molecule has 1 aromatic carbocycles. The average molecular weight is 459 g/mol. The molecule has 2 aromatic heterocycles. The van der Waals surface area contributed by atoms with Gasteiger partial charge in [0.2, 0.25) is 5.91 Å². The van der Waals surface area contributed by atoms with E-state index in [4.69, 9.17) is 4.98 Å². The molecule has 0 saturated heterocycles. The minimum absolute atomic E-state index is 0.0345. The second-order valence-corrected chi connectivity index (χ2v) is 9.24. The molecule has 2 aliphatic carbocycles. The highest BCUT2D eigenvalue weighted by molar-refractivity contribution is 6.02. The van der Waals surface area contributed by atoms with Crippen LogP contribution in [-0.4, -0.2) is 45.7 Å².